The number of nitrogens with zero attached hydrogens (tertiary/aromatic N) is 4. The Hall–Kier alpha value is -3.15. The van der Waals surface area contributed by atoms with Crippen LogP contribution < -0.4 is 4.74 Å². The summed E-state index contributed by atoms with van der Waals surface area (Å²) in [4.78, 5) is 8.43. The Morgan fingerprint density at radius 1 is 1.17 bits per heavy atom. The van der Waals surface area contributed by atoms with Crippen molar-refractivity contribution in [3.05, 3.63) is 71.9 Å². The van der Waals surface area contributed by atoms with Crippen LogP contribution in [0, 0.1) is 6.92 Å². The van der Waals surface area contributed by atoms with Crippen LogP contribution in [0.4, 0.5) is 0 Å². The molecule has 1 N–H and O–H groups in total. The van der Waals surface area contributed by atoms with Crippen molar-refractivity contribution >= 4 is 5.84 Å². The Labute approximate surface area is 140 Å². The van der Waals surface area contributed by atoms with Gasteiger partial charge in [0.2, 0.25) is 5.88 Å². The minimum absolute atomic E-state index is 0.304. The molecule has 0 bridgehead atoms. The summed E-state index contributed by atoms with van der Waals surface area (Å²) in [7, 11) is 0. The molecule has 2 aromatic heterocycles. The summed E-state index contributed by atoms with van der Waals surface area (Å²) in [6, 6.07) is 11.4. The van der Waals surface area contributed by atoms with E-state index in [0.717, 1.165) is 6.42 Å². The van der Waals surface area contributed by atoms with E-state index in [4.69, 9.17) is 4.74 Å². The topological polar surface area (TPSA) is 72.5 Å². The lowest BCUT2D eigenvalue weighted by Gasteiger charge is -2.12. The smallest absolute Gasteiger partial charge is 0.230 e. The van der Waals surface area contributed by atoms with E-state index in [2.05, 4.69) is 22.0 Å². The largest absolute Gasteiger partial charge is 0.438 e. The zero-order valence-corrected chi connectivity index (χ0v) is 13.5. The fourth-order valence-electron chi connectivity index (χ4n) is 2.38. The second-order valence-corrected chi connectivity index (χ2v) is 5.22. The number of oxime groups is 1. The Morgan fingerprint density at radius 2 is 1.96 bits per heavy atom. The number of imidazole rings is 1. The van der Waals surface area contributed by atoms with Crippen LogP contribution in [-0.4, -0.2) is 25.6 Å². The Balaban J connectivity index is 1.96. The summed E-state index contributed by atoms with van der Waals surface area (Å²) >= 11 is 0. The van der Waals surface area contributed by atoms with Gasteiger partial charge in [0, 0.05) is 18.6 Å². The molecule has 1 aromatic carbocycles. The van der Waals surface area contributed by atoms with E-state index >= 15 is 0 Å². The third kappa shape index (κ3) is 3.12. The van der Waals surface area contributed by atoms with Gasteiger partial charge in [-0.25, -0.2) is 9.97 Å². The molecule has 24 heavy (non-hydrogen) atoms. The normalized spacial score (nSPS) is 11.5. The molecule has 0 spiro atoms. The molecule has 0 unspecified atom stereocenters. The quantitative estimate of drug-likeness (QED) is 0.344. The molecule has 3 rings (SSSR count). The van der Waals surface area contributed by atoms with E-state index in [9.17, 15) is 5.21 Å². The maximum absolute atomic E-state index is 9.49. The minimum atomic E-state index is 0.304. The van der Waals surface area contributed by atoms with Crippen molar-refractivity contribution in [2.75, 3.05) is 0 Å². The van der Waals surface area contributed by atoms with Gasteiger partial charge in [-0.3, -0.25) is 4.57 Å². The van der Waals surface area contributed by atoms with Crippen molar-refractivity contribution in [1.82, 2.24) is 14.5 Å². The monoisotopic (exact) mass is 322 g/mol. The summed E-state index contributed by atoms with van der Waals surface area (Å²) < 4.78 is 7.56. The minimum Gasteiger partial charge on any atom is -0.438 e. The molecule has 6 heteroatoms. The van der Waals surface area contributed by atoms with E-state index in [1.165, 1.54) is 5.56 Å². The average molecular weight is 322 g/mol. The maximum atomic E-state index is 9.49. The molecular formula is C18H18N4O2. The van der Waals surface area contributed by atoms with Crippen LogP contribution in [0.5, 0.6) is 11.6 Å². The van der Waals surface area contributed by atoms with Crippen LogP contribution in [0.1, 0.15) is 23.9 Å². The standard InChI is InChI=1S/C18H18N4O2/c1-3-14-6-8-15(9-7-14)24-18-16(5-4-10-20-18)17(21-23)22-12-11-19-13(22)2/h4-12,23H,3H2,1-2H3/b21-17-. The van der Waals surface area contributed by atoms with Crippen LogP contribution in [-0.2, 0) is 6.42 Å². The summed E-state index contributed by atoms with van der Waals surface area (Å²) in [5.74, 6) is 2.04. The van der Waals surface area contributed by atoms with Gasteiger partial charge in [0.1, 0.15) is 11.6 Å². The number of hydrogen-bond donors (Lipinski definition) is 1. The maximum Gasteiger partial charge on any atom is 0.230 e. The molecular weight excluding hydrogens is 304 g/mol. The van der Waals surface area contributed by atoms with E-state index in [-0.39, 0.29) is 0 Å². The van der Waals surface area contributed by atoms with Gasteiger partial charge < -0.3 is 9.94 Å². The van der Waals surface area contributed by atoms with Crippen LogP contribution >= 0.6 is 0 Å². The molecule has 0 aliphatic carbocycles. The number of pyridine rings is 1. The molecule has 0 amide bonds. The number of benzene rings is 1. The van der Waals surface area contributed by atoms with Gasteiger partial charge >= 0.3 is 0 Å². The first-order valence-corrected chi connectivity index (χ1v) is 7.67. The fraction of sp³-hybridized carbons (Fsp3) is 0.167. The molecule has 0 aliphatic rings. The lowest BCUT2D eigenvalue weighted by Crippen LogP contribution is -2.16. The van der Waals surface area contributed by atoms with E-state index in [1.807, 2.05) is 31.2 Å². The van der Waals surface area contributed by atoms with E-state index in [0.29, 0.717) is 28.9 Å². The van der Waals surface area contributed by atoms with Gasteiger partial charge in [0.05, 0.1) is 5.56 Å². The molecule has 0 aliphatic heterocycles. The van der Waals surface area contributed by atoms with E-state index in [1.54, 1.807) is 35.3 Å². The zero-order chi connectivity index (χ0) is 16.9. The van der Waals surface area contributed by atoms with Crippen molar-refractivity contribution in [1.29, 1.82) is 0 Å². The third-order valence-electron chi connectivity index (χ3n) is 3.71. The first-order valence-electron chi connectivity index (χ1n) is 7.67. The van der Waals surface area contributed by atoms with Gasteiger partial charge in [0.25, 0.3) is 0 Å². The van der Waals surface area contributed by atoms with Crippen molar-refractivity contribution in [3.8, 4) is 11.6 Å². The lowest BCUT2D eigenvalue weighted by atomic mass is 10.2. The predicted octanol–water partition coefficient (Wildman–Crippen LogP) is 3.63. The van der Waals surface area contributed by atoms with Crippen molar-refractivity contribution in [2.24, 2.45) is 5.16 Å². The Bertz CT molecular complexity index is 853. The Morgan fingerprint density at radius 3 is 2.58 bits per heavy atom. The molecule has 0 atom stereocenters. The van der Waals surface area contributed by atoms with Gasteiger partial charge in [-0.2, -0.15) is 0 Å². The van der Waals surface area contributed by atoms with Gasteiger partial charge in [-0.1, -0.05) is 24.2 Å². The molecule has 122 valence electrons. The first kappa shape index (κ1) is 15.7. The highest BCUT2D eigenvalue weighted by molar-refractivity contribution is 6.02. The summed E-state index contributed by atoms with van der Waals surface area (Å²) in [6.07, 6.45) is 5.96. The molecule has 0 saturated heterocycles. The molecule has 0 radical (unpaired) electrons. The second kappa shape index (κ2) is 6.95. The summed E-state index contributed by atoms with van der Waals surface area (Å²) in [5, 5.41) is 12.9. The highest BCUT2D eigenvalue weighted by atomic mass is 16.5. The van der Waals surface area contributed by atoms with Gasteiger partial charge in [0.15, 0.2) is 5.84 Å². The average Bonchev–Trinajstić information content (AvgIpc) is 3.04. The van der Waals surface area contributed by atoms with Gasteiger partial charge in [-0.05, 0) is 43.2 Å². The zero-order valence-electron chi connectivity index (χ0n) is 13.5. The summed E-state index contributed by atoms with van der Waals surface area (Å²) in [5.41, 5.74) is 1.80. The number of hydrogen-bond acceptors (Lipinski definition) is 5. The SMILES string of the molecule is CCc1ccc(Oc2ncccc2/C(=N/O)n2ccnc2C)cc1. The van der Waals surface area contributed by atoms with Crippen LogP contribution in [0.15, 0.2) is 60.1 Å². The van der Waals surface area contributed by atoms with Crippen molar-refractivity contribution < 1.29 is 9.94 Å². The molecule has 0 saturated carbocycles. The second-order valence-electron chi connectivity index (χ2n) is 5.22. The lowest BCUT2D eigenvalue weighted by molar-refractivity contribution is 0.316. The highest BCUT2D eigenvalue weighted by Crippen LogP contribution is 2.24. The fourth-order valence-corrected chi connectivity index (χ4v) is 2.38. The Kier molecular flexibility index (Phi) is 4.56. The first-order chi connectivity index (χ1) is 11.7. The van der Waals surface area contributed by atoms with Crippen molar-refractivity contribution in [3.63, 3.8) is 0 Å². The number of aromatic nitrogens is 3. The predicted molar refractivity (Wildman–Crippen MR) is 90.8 cm³/mol. The van der Waals surface area contributed by atoms with Crippen molar-refractivity contribution in [2.45, 2.75) is 20.3 Å². The third-order valence-corrected chi connectivity index (χ3v) is 3.71. The molecule has 6 nitrogen and oxygen atoms in total. The molecule has 3 aromatic rings. The molecule has 0 fully saturated rings. The highest BCUT2D eigenvalue weighted by Gasteiger charge is 2.16. The number of aryl methyl sites for hydroxylation is 2. The van der Waals surface area contributed by atoms with Gasteiger partial charge in [-0.15, -0.1) is 0 Å². The van der Waals surface area contributed by atoms with Crippen LogP contribution in [0.25, 0.3) is 0 Å². The molecule has 2 heterocycles. The number of rotatable bonds is 4. The van der Waals surface area contributed by atoms with E-state index < -0.39 is 0 Å². The van der Waals surface area contributed by atoms with Crippen LogP contribution in [0.3, 0.4) is 0 Å². The van der Waals surface area contributed by atoms with Crippen LogP contribution in [0.2, 0.25) is 0 Å². The summed E-state index contributed by atoms with van der Waals surface area (Å²) in [6.45, 7) is 3.93. The number of ether oxygens (including phenoxy) is 1.